The molecule has 0 bridgehead atoms. The topological polar surface area (TPSA) is 40.5 Å². The van der Waals surface area contributed by atoms with Crippen LogP contribution in [-0.4, -0.2) is 22.4 Å². The molecule has 2 heteroatoms. The summed E-state index contributed by atoms with van der Waals surface area (Å²) >= 11 is 0. The first-order chi connectivity index (χ1) is 12.7. The predicted octanol–water partition coefficient (Wildman–Crippen LogP) is 5.22. The second kappa shape index (κ2) is 9.34. The molecule has 2 N–H and O–H groups in total. The minimum absolute atomic E-state index is 0.554. The summed E-state index contributed by atoms with van der Waals surface area (Å²) in [6.07, 6.45) is 8.19. The van der Waals surface area contributed by atoms with Crippen molar-refractivity contribution in [2.75, 3.05) is 0 Å². The molecule has 1 fully saturated rings. The largest absolute Gasteiger partial charge is 0.390 e. The van der Waals surface area contributed by atoms with Crippen molar-refractivity contribution in [3.05, 3.63) is 71.8 Å². The molecule has 1 aliphatic carbocycles. The molecule has 0 aromatic heterocycles. The van der Waals surface area contributed by atoms with E-state index in [1.807, 2.05) is 36.4 Å². The van der Waals surface area contributed by atoms with Gasteiger partial charge in [-0.05, 0) is 24.0 Å². The van der Waals surface area contributed by atoms with Gasteiger partial charge in [-0.2, -0.15) is 0 Å². The highest BCUT2D eigenvalue weighted by atomic mass is 16.3. The molecule has 2 atom stereocenters. The van der Waals surface area contributed by atoms with Crippen molar-refractivity contribution in [1.29, 1.82) is 0 Å². The van der Waals surface area contributed by atoms with Gasteiger partial charge in [0, 0.05) is 5.41 Å². The molecular formula is C24H32O2. The van der Waals surface area contributed by atoms with E-state index in [1.165, 1.54) is 25.7 Å². The predicted molar refractivity (Wildman–Crippen MR) is 107 cm³/mol. The molecule has 140 valence electrons. The lowest BCUT2D eigenvalue weighted by Crippen LogP contribution is -2.47. The quantitative estimate of drug-likeness (QED) is 0.778. The first-order valence-corrected chi connectivity index (χ1v) is 10.2. The Morgan fingerprint density at radius 2 is 1.08 bits per heavy atom. The first-order valence-electron chi connectivity index (χ1n) is 10.2. The maximum absolute atomic E-state index is 11.4. The Kier molecular flexibility index (Phi) is 6.87. The highest BCUT2D eigenvalue weighted by Gasteiger charge is 2.43. The summed E-state index contributed by atoms with van der Waals surface area (Å²) in [6.45, 7) is 0. The van der Waals surface area contributed by atoms with Gasteiger partial charge in [-0.15, -0.1) is 0 Å². The molecule has 0 saturated heterocycles. The SMILES string of the molecule is OC1CCCCCCCCCC(c2ccccc2)(c2ccccc2)C1O. The molecule has 3 rings (SSSR count). The molecule has 2 nitrogen and oxygen atoms in total. The molecule has 1 aliphatic rings. The second-order valence-corrected chi connectivity index (χ2v) is 7.73. The number of aliphatic hydroxyl groups excluding tert-OH is 2. The zero-order valence-electron chi connectivity index (χ0n) is 15.7. The van der Waals surface area contributed by atoms with E-state index in [-0.39, 0.29) is 0 Å². The lowest BCUT2D eigenvalue weighted by Gasteiger charge is -2.42. The Morgan fingerprint density at radius 3 is 1.62 bits per heavy atom. The van der Waals surface area contributed by atoms with Crippen LogP contribution in [0.2, 0.25) is 0 Å². The van der Waals surface area contributed by atoms with Gasteiger partial charge in [0.25, 0.3) is 0 Å². The Labute approximate surface area is 157 Å². The zero-order chi connectivity index (χ0) is 18.2. The van der Waals surface area contributed by atoms with Crippen molar-refractivity contribution < 1.29 is 10.2 Å². The fourth-order valence-electron chi connectivity index (χ4n) is 4.54. The summed E-state index contributed by atoms with van der Waals surface area (Å²) in [4.78, 5) is 0. The summed E-state index contributed by atoms with van der Waals surface area (Å²) in [5.74, 6) is 0. The molecule has 0 radical (unpaired) electrons. The lowest BCUT2D eigenvalue weighted by molar-refractivity contribution is -0.0289. The van der Waals surface area contributed by atoms with Gasteiger partial charge in [0.15, 0.2) is 0 Å². The van der Waals surface area contributed by atoms with Gasteiger partial charge in [-0.1, -0.05) is 106 Å². The lowest BCUT2D eigenvalue weighted by atomic mass is 9.65. The maximum Gasteiger partial charge on any atom is 0.0935 e. The second-order valence-electron chi connectivity index (χ2n) is 7.73. The Bertz CT molecular complexity index is 598. The third kappa shape index (κ3) is 4.19. The molecule has 2 aromatic rings. The van der Waals surface area contributed by atoms with Gasteiger partial charge in [0.1, 0.15) is 0 Å². The number of hydrogen-bond donors (Lipinski definition) is 2. The first kappa shape index (κ1) is 19.1. The average molecular weight is 353 g/mol. The van der Waals surface area contributed by atoms with E-state index in [0.29, 0.717) is 6.42 Å². The number of hydrogen-bond acceptors (Lipinski definition) is 2. The van der Waals surface area contributed by atoms with Crippen molar-refractivity contribution in [3.8, 4) is 0 Å². The fourth-order valence-corrected chi connectivity index (χ4v) is 4.54. The number of aliphatic hydroxyl groups is 2. The van der Waals surface area contributed by atoms with Crippen molar-refractivity contribution in [2.45, 2.75) is 75.4 Å². The number of rotatable bonds is 2. The minimum Gasteiger partial charge on any atom is -0.390 e. The highest BCUT2D eigenvalue weighted by molar-refractivity contribution is 5.41. The maximum atomic E-state index is 11.4. The van der Waals surface area contributed by atoms with Crippen LogP contribution in [0.5, 0.6) is 0 Å². The normalized spacial score (nSPS) is 25.0. The Hall–Kier alpha value is -1.64. The van der Waals surface area contributed by atoms with Crippen LogP contribution in [0.15, 0.2) is 60.7 Å². The summed E-state index contributed by atoms with van der Waals surface area (Å²) in [6, 6.07) is 20.6. The van der Waals surface area contributed by atoms with Crippen LogP contribution < -0.4 is 0 Å². The van der Waals surface area contributed by atoms with Gasteiger partial charge in [-0.3, -0.25) is 0 Å². The highest BCUT2D eigenvalue weighted by Crippen LogP contribution is 2.42. The molecule has 0 amide bonds. The molecule has 0 aliphatic heterocycles. The summed E-state index contributed by atoms with van der Waals surface area (Å²) in [7, 11) is 0. The van der Waals surface area contributed by atoms with E-state index >= 15 is 0 Å². The summed E-state index contributed by atoms with van der Waals surface area (Å²) in [5.41, 5.74) is 1.66. The molecule has 26 heavy (non-hydrogen) atoms. The van der Waals surface area contributed by atoms with Gasteiger partial charge >= 0.3 is 0 Å². The van der Waals surface area contributed by atoms with E-state index in [9.17, 15) is 10.2 Å². The van der Waals surface area contributed by atoms with Crippen LogP contribution in [0.1, 0.15) is 68.9 Å². The standard InChI is InChI=1S/C24H32O2/c25-22-18-12-4-2-1-3-5-13-19-24(23(22)26,20-14-8-6-9-15-20)21-16-10-7-11-17-21/h6-11,14-17,22-23,25-26H,1-5,12-13,18-19H2. The van der Waals surface area contributed by atoms with Crippen LogP contribution in [0.4, 0.5) is 0 Å². The van der Waals surface area contributed by atoms with Gasteiger partial charge < -0.3 is 10.2 Å². The molecule has 0 spiro atoms. The van der Waals surface area contributed by atoms with Crippen molar-refractivity contribution in [2.24, 2.45) is 0 Å². The Morgan fingerprint density at radius 1 is 0.615 bits per heavy atom. The average Bonchev–Trinajstić information content (AvgIpc) is 2.69. The van der Waals surface area contributed by atoms with Crippen LogP contribution in [-0.2, 0) is 5.41 Å². The molecule has 1 saturated carbocycles. The summed E-state index contributed by atoms with van der Waals surface area (Å²) < 4.78 is 0. The van der Waals surface area contributed by atoms with E-state index in [2.05, 4.69) is 24.3 Å². The van der Waals surface area contributed by atoms with Gasteiger partial charge in [-0.25, -0.2) is 0 Å². The van der Waals surface area contributed by atoms with E-state index in [4.69, 9.17) is 0 Å². The molecular weight excluding hydrogens is 320 g/mol. The third-order valence-electron chi connectivity index (χ3n) is 6.02. The summed E-state index contributed by atoms with van der Waals surface area (Å²) in [5, 5.41) is 22.3. The monoisotopic (exact) mass is 352 g/mol. The van der Waals surface area contributed by atoms with Crippen LogP contribution in [0.3, 0.4) is 0 Å². The van der Waals surface area contributed by atoms with E-state index < -0.39 is 17.6 Å². The van der Waals surface area contributed by atoms with Gasteiger partial charge in [0.05, 0.1) is 12.2 Å². The third-order valence-corrected chi connectivity index (χ3v) is 6.02. The van der Waals surface area contributed by atoms with Gasteiger partial charge in [0.2, 0.25) is 0 Å². The molecule has 0 heterocycles. The van der Waals surface area contributed by atoms with Crippen molar-refractivity contribution in [1.82, 2.24) is 0 Å². The van der Waals surface area contributed by atoms with Crippen LogP contribution in [0, 0.1) is 0 Å². The fraction of sp³-hybridized carbons (Fsp3) is 0.500. The van der Waals surface area contributed by atoms with Crippen molar-refractivity contribution >= 4 is 0 Å². The van der Waals surface area contributed by atoms with E-state index in [1.54, 1.807) is 0 Å². The Balaban J connectivity index is 2.06. The van der Waals surface area contributed by atoms with E-state index in [0.717, 1.165) is 36.8 Å². The minimum atomic E-state index is -0.799. The molecule has 2 unspecified atom stereocenters. The van der Waals surface area contributed by atoms with Crippen LogP contribution >= 0.6 is 0 Å². The van der Waals surface area contributed by atoms with Crippen molar-refractivity contribution in [3.63, 3.8) is 0 Å². The molecule has 2 aromatic carbocycles. The smallest absolute Gasteiger partial charge is 0.0935 e. The number of benzene rings is 2. The zero-order valence-corrected chi connectivity index (χ0v) is 15.7. The van der Waals surface area contributed by atoms with Crippen LogP contribution in [0.25, 0.3) is 0 Å².